The van der Waals surface area contributed by atoms with Crippen molar-refractivity contribution in [1.29, 1.82) is 0 Å². The Morgan fingerprint density at radius 2 is 1.85 bits per heavy atom. The summed E-state index contributed by atoms with van der Waals surface area (Å²) >= 11 is 0. The van der Waals surface area contributed by atoms with Crippen LogP contribution < -0.4 is 10.1 Å². The Balaban J connectivity index is 2.00. The fraction of sp³-hybridized carbons (Fsp3) is 0.381. The molecule has 1 aromatic carbocycles. The number of carbonyl (C=O) groups excluding carboxylic acids is 2. The third-order valence-corrected chi connectivity index (χ3v) is 5.31. The van der Waals surface area contributed by atoms with Crippen LogP contribution in [0.2, 0.25) is 0 Å². The molecule has 7 nitrogen and oxygen atoms in total. The molecule has 33 heavy (non-hydrogen) atoms. The van der Waals surface area contributed by atoms with E-state index in [0.29, 0.717) is 0 Å². The molecule has 0 unspecified atom stereocenters. The molecule has 3 rings (SSSR count). The van der Waals surface area contributed by atoms with Crippen molar-refractivity contribution in [2.45, 2.75) is 31.2 Å². The fourth-order valence-corrected chi connectivity index (χ4v) is 3.83. The fourth-order valence-electron chi connectivity index (χ4n) is 3.83. The normalized spacial score (nSPS) is 22.7. The first-order valence-electron chi connectivity index (χ1n) is 9.58. The third-order valence-electron chi connectivity index (χ3n) is 5.31. The van der Waals surface area contributed by atoms with Crippen LogP contribution in [0.3, 0.4) is 0 Å². The number of methoxy groups -OCH3 is 2. The van der Waals surface area contributed by atoms with Gasteiger partial charge in [-0.2, -0.15) is 17.6 Å². The second-order valence-corrected chi connectivity index (χ2v) is 7.30. The number of anilines is 1. The molecule has 0 radical (unpaired) electrons. The summed E-state index contributed by atoms with van der Waals surface area (Å²) in [4.78, 5) is 28.4. The lowest BCUT2D eigenvalue weighted by Crippen LogP contribution is -2.35. The quantitative estimate of drug-likeness (QED) is 0.524. The Morgan fingerprint density at radius 1 is 1.15 bits per heavy atom. The highest BCUT2D eigenvalue weighted by Crippen LogP contribution is 2.49. The summed E-state index contributed by atoms with van der Waals surface area (Å²) in [5, 5.41) is 2.37. The lowest BCUT2D eigenvalue weighted by atomic mass is 9.81. The van der Waals surface area contributed by atoms with E-state index in [9.17, 15) is 31.5 Å². The minimum atomic E-state index is -4.83. The van der Waals surface area contributed by atoms with Gasteiger partial charge in [0.15, 0.2) is 17.7 Å². The summed E-state index contributed by atoms with van der Waals surface area (Å²) in [5.74, 6) is -7.73. The second-order valence-electron chi connectivity index (χ2n) is 7.30. The van der Waals surface area contributed by atoms with Crippen molar-refractivity contribution >= 4 is 17.6 Å². The van der Waals surface area contributed by atoms with Gasteiger partial charge in [-0.05, 0) is 18.2 Å². The van der Waals surface area contributed by atoms with Gasteiger partial charge in [-0.15, -0.1) is 0 Å². The first kappa shape index (κ1) is 24.4. The molecule has 0 aliphatic carbocycles. The maximum Gasteiger partial charge on any atom is 0.414 e. The van der Waals surface area contributed by atoms with Crippen molar-refractivity contribution < 1.29 is 45.8 Å². The van der Waals surface area contributed by atoms with Crippen LogP contribution in [0, 0.1) is 17.6 Å². The molecule has 4 atom stereocenters. The van der Waals surface area contributed by atoms with E-state index in [0.717, 1.165) is 32.4 Å². The predicted octanol–water partition coefficient (Wildman–Crippen LogP) is 3.84. The Morgan fingerprint density at radius 3 is 2.45 bits per heavy atom. The van der Waals surface area contributed by atoms with Crippen LogP contribution >= 0.6 is 0 Å². The van der Waals surface area contributed by atoms with Crippen LogP contribution in [0.4, 0.5) is 27.6 Å². The van der Waals surface area contributed by atoms with Gasteiger partial charge in [-0.3, -0.25) is 4.79 Å². The van der Waals surface area contributed by atoms with E-state index in [1.54, 1.807) is 0 Å². The zero-order chi connectivity index (χ0) is 24.5. The highest BCUT2D eigenvalue weighted by molar-refractivity contribution is 5.96. The zero-order valence-corrected chi connectivity index (χ0v) is 17.6. The average molecular weight is 474 g/mol. The SMILES string of the molecule is COC(=O)c1cc(NC(=O)[C@@H]2O[C@@H](C(F)(F)F)[C@@H](C)[C@H]2c2ccc(F)c(F)c2OC)ccn1. The molecule has 1 fully saturated rings. The number of hydrogen-bond acceptors (Lipinski definition) is 6. The number of hydrogen-bond donors (Lipinski definition) is 1. The molecule has 1 aliphatic heterocycles. The number of nitrogens with one attached hydrogen (secondary N) is 1. The molecule has 0 saturated carbocycles. The predicted molar refractivity (Wildman–Crippen MR) is 104 cm³/mol. The van der Waals surface area contributed by atoms with Gasteiger partial charge in [0, 0.05) is 29.3 Å². The lowest BCUT2D eigenvalue weighted by molar-refractivity contribution is -0.221. The number of carbonyl (C=O) groups is 2. The maximum absolute atomic E-state index is 14.3. The van der Waals surface area contributed by atoms with Gasteiger partial charge in [0.05, 0.1) is 14.2 Å². The molecule has 1 N–H and O–H groups in total. The second kappa shape index (κ2) is 9.30. The van der Waals surface area contributed by atoms with Gasteiger partial charge < -0.3 is 19.5 Å². The van der Waals surface area contributed by atoms with E-state index < -0.39 is 59.5 Å². The zero-order valence-electron chi connectivity index (χ0n) is 17.6. The number of halogens is 5. The van der Waals surface area contributed by atoms with E-state index in [1.165, 1.54) is 19.2 Å². The first-order chi connectivity index (χ1) is 15.5. The molecular weight excluding hydrogens is 455 g/mol. The largest absolute Gasteiger partial charge is 0.493 e. The van der Waals surface area contributed by atoms with E-state index in [1.807, 2.05) is 0 Å². The van der Waals surface area contributed by atoms with Gasteiger partial charge in [-0.1, -0.05) is 13.0 Å². The van der Waals surface area contributed by atoms with E-state index in [2.05, 4.69) is 15.0 Å². The van der Waals surface area contributed by atoms with Gasteiger partial charge in [0.1, 0.15) is 11.8 Å². The van der Waals surface area contributed by atoms with Gasteiger partial charge in [0.25, 0.3) is 5.91 Å². The molecule has 0 spiro atoms. The van der Waals surface area contributed by atoms with Crippen LogP contribution in [0.5, 0.6) is 5.75 Å². The van der Waals surface area contributed by atoms with Gasteiger partial charge in [-0.25, -0.2) is 14.2 Å². The Labute approximate surface area is 184 Å². The molecule has 2 heterocycles. The summed E-state index contributed by atoms with van der Waals surface area (Å²) in [6.45, 7) is 1.19. The van der Waals surface area contributed by atoms with E-state index in [-0.39, 0.29) is 16.9 Å². The summed E-state index contributed by atoms with van der Waals surface area (Å²) < 4.78 is 83.3. The maximum atomic E-state index is 14.3. The van der Waals surface area contributed by atoms with Crippen LogP contribution in [0.15, 0.2) is 30.5 Å². The number of alkyl halides is 3. The lowest BCUT2D eigenvalue weighted by Gasteiger charge is -2.24. The van der Waals surface area contributed by atoms with Gasteiger partial charge >= 0.3 is 12.1 Å². The van der Waals surface area contributed by atoms with Gasteiger partial charge in [0.2, 0.25) is 5.82 Å². The number of esters is 1. The summed E-state index contributed by atoms with van der Waals surface area (Å²) in [7, 11) is 2.16. The number of pyridine rings is 1. The van der Waals surface area contributed by atoms with Crippen molar-refractivity contribution in [3.8, 4) is 5.75 Å². The Bertz CT molecular complexity index is 1060. The van der Waals surface area contributed by atoms with Crippen LogP contribution in [0.25, 0.3) is 0 Å². The number of benzene rings is 1. The molecule has 1 saturated heterocycles. The molecule has 12 heteroatoms. The number of amides is 1. The van der Waals surface area contributed by atoms with Crippen molar-refractivity contribution in [2.75, 3.05) is 19.5 Å². The summed E-state index contributed by atoms with van der Waals surface area (Å²) in [6, 6.07) is 4.26. The average Bonchev–Trinajstić information content (AvgIpc) is 3.12. The molecule has 1 aromatic heterocycles. The van der Waals surface area contributed by atoms with Crippen LogP contribution in [-0.2, 0) is 14.3 Å². The molecular formula is C21H19F5N2O5. The van der Waals surface area contributed by atoms with E-state index in [4.69, 9.17) is 9.47 Å². The Kier molecular flexibility index (Phi) is 6.86. The van der Waals surface area contributed by atoms with Crippen molar-refractivity contribution in [2.24, 2.45) is 5.92 Å². The molecule has 0 bridgehead atoms. The van der Waals surface area contributed by atoms with Crippen LogP contribution in [-0.4, -0.2) is 49.5 Å². The van der Waals surface area contributed by atoms with Crippen molar-refractivity contribution in [1.82, 2.24) is 4.98 Å². The molecule has 2 aromatic rings. The summed E-state index contributed by atoms with van der Waals surface area (Å²) in [5.41, 5.74) is -0.262. The Hall–Kier alpha value is -3.28. The van der Waals surface area contributed by atoms with E-state index >= 15 is 0 Å². The highest BCUT2D eigenvalue weighted by Gasteiger charge is 2.57. The number of aromatic nitrogens is 1. The monoisotopic (exact) mass is 474 g/mol. The molecule has 1 aliphatic rings. The molecule has 178 valence electrons. The topological polar surface area (TPSA) is 86.8 Å². The summed E-state index contributed by atoms with van der Waals surface area (Å²) in [6.07, 6.45) is -7.72. The third kappa shape index (κ3) is 4.75. The smallest absolute Gasteiger partial charge is 0.414 e. The first-order valence-corrected chi connectivity index (χ1v) is 9.58. The molecule has 1 amide bonds. The minimum absolute atomic E-state index is 0.0399. The highest BCUT2D eigenvalue weighted by atomic mass is 19.4. The minimum Gasteiger partial charge on any atom is -0.493 e. The van der Waals surface area contributed by atoms with Crippen molar-refractivity contribution in [3.63, 3.8) is 0 Å². The van der Waals surface area contributed by atoms with Crippen molar-refractivity contribution in [3.05, 3.63) is 53.4 Å². The van der Waals surface area contributed by atoms with Crippen LogP contribution in [0.1, 0.15) is 28.9 Å². The number of rotatable bonds is 5. The number of nitrogens with zero attached hydrogens (tertiary/aromatic N) is 1. The number of ether oxygens (including phenoxy) is 3. The standard InChI is InChI=1S/C21H19F5N2O5/c1-9-14(11-4-5-12(22)15(23)16(11)31-2)17(33-18(9)21(24,25)26)19(29)28-10-6-7-27-13(8-10)20(30)32-3/h4-9,14,17-18H,1-3H3,(H,27,28,29)/t9-,14-,17+,18+/m0/s1.